The average molecular weight is 461 g/mol. The summed E-state index contributed by atoms with van der Waals surface area (Å²) in [5, 5.41) is 10.5. The Morgan fingerprint density at radius 1 is 1.21 bits per heavy atom. The van der Waals surface area contributed by atoms with Crippen molar-refractivity contribution in [3.8, 4) is 11.5 Å². The molecule has 9 nitrogen and oxygen atoms in total. The van der Waals surface area contributed by atoms with E-state index < -0.39 is 29.3 Å². The highest BCUT2D eigenvalue weighted by atomic mass is 79.9. The number of hydrogen-bond donors (Lipinski definition) is 0. The van der Waals surface area contributed by atoms with Gasteiger partial charge in [0.25, 0.3) is 11.8 Å². The van der Waals surface area contributed by atoms with Crippen LogP contribution in [0.1, 0.15) is 26.3 Å². The number of fused-ring (bicyclic) bond motifs is 1. The third-order valence-corrected chi connectivity index (χ3v) is 4.61. The lowest BCUT2D eigenvalue weighted by Gasteiger charge is -2.15. The molecular weight excluding hydrogens is 448 g/mol. The van der Waals surface area contributed by atoms with Gasteiger partial charge in [0.1, 0.15) is 6.54 Å². The number of nitrogens with zero attached hydrogens (tertiary/aromatic N) is 2. The van der Waals surface area contributed by atoms with Gasteiger partial charge in [-0.1, -0.05) is 12.1 Å². The Labute approximate surface area is 172 Å². The normalized spacial score (nSPS) is 13.0. The van der Waals surface area contributed by atoms with Gasteiger partial charge in [-0.2, -0.15) is 0 Å². The monoisotopic (exact) mass is 460 g/mol. The molecule has 2 aromatic rings. The van der Waals surface area contributed by atoms with Gasteiger partial charge in [-0.3, -0.25) is 24.6 Å². The largest absolute Gasteiger partial charge is 0.493 e. The molecule has 0 aliphatic carbocycles. The van der Waals surface area contributed by atoms with Crippen LogP contribution in [0.5, 0.6) is 11.5 Å². The summed E-state index contributed by atoms with van der Waals surface area (Å²) in [6, 6.07) is 9.21. The number of benzene rings is 2. The molecule has 0 bridgehead atoms. The van der Waals surface area contributed by atoms with Crippen LogP contribution in [0.3, 0.4) is 0 Å². The van der Waals surface area contributed by atoms with Gasteiger partial charge in [0.15, 0.2) is 11.5 Å². The maximum absolute atomic E-state index is 12.4. The molecule has 29 heavy (non-hydrogen) atoms. The number of halogens is 1. The molecule has 148 valence electrons. The summed E-state index contributed by atoms with van der Waals surface area (Å²) in [5.41, 5.74) is 0.891. The molecule has 0 saturated carbocycles. The summed E-state index contributed by atoms with van der Waals surface area (Å²) < 4.78 is 10.8. The lowest BCUT2D eigenvalue weighted by Crippen LogP contribution is -2.36. The van der Waals surface area contributed by atoms with Crippen LogP contribution in [0.25, 0.3) is 6.08 Å². The number of esters is 1. The zero-order valence-corrected chi connectivity index (χ0v) is 16.5. The van der Waals surface area contributed by atoms with Crippen molar-refractivity contribution in [2.24, 2.45) is 0 Å². The van der Waals surface area contributed by atoms with Crippen molar-refractivity contribution >= 4 is 39.8 Å². The van der Waals surface area contributed by atoms with E-state index in [9.17, 15) is 24.5 Å². The topological polar surface area (TPSA) is 116 Å². The van der Waals surface area contributed by atoms with Gasteiger partial charge in [-0.05, 0) is 45.8 Å². The molecule has 0 fully saturated rings. The highest BCUT2D eigenvalue weighted by Gasteiger charge is 2.36. The third kappa shape index (κ3) is 4.16. The summed E-state index contributed by atoms with van der Waals surface area (Å²) in [5.74, 6) is -1.85. The van der Waals surface area contributed by atoms with Gasteiger partial charge in [-0.25, -0.2) is 4.79 Å². The molecule has 1 aliphatic heterocycles. The Bertz CT molecular complexity index is 1030. The van der Waals surface area contributed by atoms with Crippen molar-refractivity contribution < 1.29 is 28.8 Å². The van der Waals surface area contributed by atoms with Crippen LogP contribution >= 0.6 is 15.9 Å². The molecule has 0 aromatic heterocycles. The predicted molar refractivity (Wildman–Crippen MR) is 104 cm³/mol. The van der Waals surface area contributed by atoms with Crippen molar-refractivity contribution in [1.82, 2.24) is 4.90 Å². The molecule has 1 heterocycles. The van der Waals surface area contributed by atoms with Gasteiger partial charge < -0.3 is 9.47 Å². The van der Waals surface area contributed by atoms with E-state index in [1.165, 1.54) is 37.5 Å². The first-order valence-corrected chi connectivity index (χ1v) is 8.96. The number of carbonyl (C=O) groups excluding carboxylic acids is 3. The molecule has 10 heteroatoms. The van der Waals surface area contributed by atoms with E-state index in [1.807, 2.05) is 0 Å². The number of imide groups is 1. The molecule has 2 amide bonds. The Morgan fingerprint density at radius 3 is 2.38 bits per heavy atom. The summed E-state index contributed by atoms with van der Waals surface area (Å²) in [6.45, 7) is -0.578. The third-order valence-electron chi connectivity index (χ3n) is 4.02. The van der Waals surface area contributed by atoms with Gasteiger partial charge >= 0.3 is 5.97 Å². The van der Waals surface area contributed by atoms with Gasteiger partial charge in [0, 0.05) is 6.08 Å². The van der Waals surface area contributed by atoms with E-state index in [0.717, 1.165) is 11.1 Å². The number of amides is 2. The van der Waals surface area contributed by atoms with E-state index in [4.69, 9.17) is 9.47 Å². The highest BCUT2D eigenvalue weighted by Crippen LogP contribution is 2.37. The lowest BCUT2D eigenvalue weighted by molar-refractivity contribution is -0.400. The molecule has 0 unspecified atom stereocenters. The average Bonchev–Trinajstić information content (AvgIpc) is 2.93. The van der Waals surface area contributed by atoms with Crippen molar-refractivity contribution in [3.63, 3.8) is 0 Å². The molecule has 0 atom stereocenters. The summed E-state index contributed by atoms with van der Waals surface area (Å²) in [7, 11) is 1.34. The Balaban J connectivity index is 1.78. The zero-order chi connectivity index (χ0) is 21.1. The standard InChI is InChI=1S/C19H13BrN2O7/c1-28-15-9-11(6-7-22(26)27)8-14(20)17(15)29-16(23)10-21-18(24)12-4-2-3-5-13(12)19(21)25/h2-9H,10H2,1H3/b7-6+. The lowest BCUT2D eigenvalue weighted by atomic mass is 10.1. The van der Waals surface area contributed by atoms with Crippen LogP contribution in [0.15, 0.2) is 47.1 Å². The second kappa shape index (κ2) is 8.23. The van der Waals surface area contributed by atoms with Crippen LogP contribution in [-0.4, -0.2) is 41.3 Å². The highest BCUT2D eigenvalue weighted by molar-refractivity contribution is 9.10. The zero-order valence-electron chi connectivity index (χ0n) is 15.0. The maximum Gasteiger partial charge on any atom is 0.331 e. The molecule has 3 rings (SSSR count). The second-order valence-electron chi connectivity index (χ2n) is 5.85. The molecule has 2 aromatic carbocycles. The van der Waals surface area contributed by atoms with Crippen LogP contribution in [0.4, 0.5) is 0 Å². The molecule has 0 saturated heterocycles. The number of methoxy groups -OCH3 is 1. The van der Waals surface area contributed by atoms with Gasteiger partial charge in [-0.15, -0.1) is 0 Å². The van der Waals surface area contributed by atoms with E-state index >= 15 is 0 Å². The van der Waals surface area contributed by atoms with Gasteiger partial charge in [0.2, 0.25) is 6.20 Å². The van der Waals surface area contributed by atoms with Crippen LogP contribution in [0, 0.1) is 10.1 Å². The first-order valence-electron chi connectivity index (χ1n) is 8.17. The second-order valence-corrected chi connectivity index (χ2v) is 6.71. The van der Waals surface area contributed by atoms with Crippen molar-refractivity contribution in [1.29, 1.82) is 0 Å². The Morgan fingerprint density at radius 2 is 1.83 bits per heavy atom. The maximum atomic E-state index is 12.4. The minimum absolute atomic E-state index is 0.0207. The van der Waals surface area contributed by atoms with Crippen molar-refractivity contribution in [2.75, 3.05) is 13.7 Å². The predicted octanol–water partition coefficient (Wildman–Crippen LogP) is 2.91. The molecule has 0 N–H and O–H groups in total. The van der Waals surface area contributed by atoms with E-state index in [1.54, 1.807) is 12.1 Å². The number of ether oxygens (including phenoxy) is 2. The van der Waals surface area contributed by atoms with E-state index in [0.29, 0.717) is 10.0 Å². The van der Waals surface area contributed by atoms with Crippen molar-refractivity contribution in [2.45, 2.75) is 0 Å². The number of rotatable bonds is 6. The summed E-state index contributed by atoms with van der Waals surface area (Å²) >= 11 is 3.23. The molecule has 0 spiro atoms. The quantitative estimate of drug-likeness (QED) is 0.214. The fraction of sp³-hybridized carbons (Fsp3) is 0.105. The number of carbonyl (C=O) groups is 3. The fourth-order valence-electron chi connectivity index (χ4n) is 2.74. The number of nitro groups is 1. The van der Waals surface area contributed by atoms with E-state index in [2.05, 4.69) is 15.9 Å². The minimum Gasteiger partial charge on any atom is -0.493 e. The van der Waals surface area contributed by atoms with Crippen LogP contribution < -0.4 is 9.47 Å². The first kappa shape index (κ1) is 20.2. The smallest absolute Gasteiger partial charge is 0.331 e. The SMILES string of the molecule is COc1cc(/C=C/[N+](=O)[O-])cc(Br)c1OC(=O)CN1C(=O)c2ccccc2C1=O. The van der Waals surface area contributed by atoms with E-state index in [-0.39, 0.29) is 22.6 Å². The van der Waals surface area contributed by atoms with Gasteiger partial charge in [0.05, 0.1) is 27.6 Å². The summed E-state index contributed by atoms with van der Waals surface area (Å²) in [6.07, 6.45) is 2.01. The molecular formula is C19H13BrN2O7. The fourth-order valence-corrected chi connectivity index (χ4v) is 3.28. The molecule has 1 aliphatic rings. The minimum atomic E-state index is -0.855. The summed E-state index contributed by atoms with van der Waals surface area (Å²) in [4.78, 5) is 47.8. The molecule has 0 radical (unpaired) electrons. The van der Waals surface area contributed by atoms with Crippen LogP contribution in [-0.2, 0) is 4.79 Å². The van der Waals surface area contributed by atoms with Crippen LogP contribution in [0.2, 0.25) is 0 Å². The Hall–Kier alpha value is -3.53. The number of hydrogen-bond acceptors (Lipinski definition) is 7. The van der Waals surface area contributed by atoms with Crippen molar-refractivity contribution in [3.05, 3.63) is 73.9 Å². The Kier molecular flexibility index (Phi) is 5.74. The first-order chi connectivity index (χ1) is 13.8.